The molecule has 0 aliphatic rings. The van der Waals surface area contributed by atoms with Crippen molar-refractivity contribution in [1.82, 2.24) is 4.98 Å². The number of carboxylic acids is 1. The van der Waals surface area contributed by atoms with Crippen molar-refractivity contribution in [3.8, 4) is 11.5 Å². The second-order valence-electron chi connectivity index (χ2n) is 5.75. The first-order chi connectivity index (χ1) is 11.9. The number of furan rings is 1. The van der Waals surface area contributed by atoms with Crippen LogP contribution in [0.1, 0.15) is 15.9 Å². The zero-order valence-electron chi connectivity index (χ0n) is 13.0. The molecule has 6 heteroatoms. The highest BCUT2D eigenvalue weighted by atomic mass is 35.5. The van der Waals surface area contributed by atoms with Crippen molar-refractivity contribution < 1.29 is 14.3 Å². The second kappa shape index (κ2) is 5.76. The van der Waals surface area contributed by atoms with Gasteiger partial charge in [0.25, 0.3) is 0 Å². The summed E-state index contributed by atoms with van der Waals surface area (Å²) in [6.07, 6.45) is 0. The molecule has 0 fully saturated rings. The van der Waals surface area contributed by atoms with Crippen LogP contribution >= 0.6 is 23.2 Å². The summed E-state index contributed by atoms with van der Waals surface area (Å²) in [7, 11) is 0. The molecular weight excluding hydrogens is 361 g/mol. The Labute approximate surface area is 152 Å². The number of hydrogen-bond acceptors (Lipinski definition) is 3. The van der Waals surface area contributed by atoms with Crippen LogP contribution in [0.15, 0.2) is 46.9 Å². The average molecular weight is 372 g/mol. The third-order valence-electron chi connectivity index (χ3n) is 4.06. The molecule has 2 aromatic heterocycles. The van der Waals surface area contributed by atoms with E-state index in [0.717, 1.165) is 10.9 Å². The van der Waals surface area contributed by atoms with Gasteiger partial charge in [-0.15, -0.1) is 0 Å². The lowest BCUT2D eigenvalue weighted by molar-refractivity contribution is 0.0699. The van der Waals surface area contributed by atoms with Gasteiger partial charge < -0.3 is 9.52 Å². The van der Waals surface area contributed by atoms with Crippen LogP contribution in [0.3, 0.4) is 0 Å². The molecule has 0 saturated heterocycles. The van der Waals surface area contributed by atoms with Crippen molar-refractivity contribution in [3.63, 3.8) is 0 Å². The molecule has 124 valence electrons. The van der Waals surface area contributed by atoms with E-state index < -0.39 is 5.97 Å². The van der Waals surface area contributed by atoms with Gasteiger partial charge in [0, 0.05) is 15.8 Å². The largest absolute Gasteiger partial charge is 0.478 e. The topological polar surface area (TPSA) is 63.3 Å². The number of para-hydroxylation sites is 1. The minimum absolute atomic E-state index is 0.174. The lowest BCUT2D eigenvalue weighted by atomic mass is 10.0. The van der Waals surface area contributed by atoms with Gasteiger partial charge in [0.1, 0.15) is 5.69 Å². The van der Waals surface area contributed by atoms with Gasteiger partial charge in [-0.05, 0) is 36.8 Å². The molecule has 0 atom stereocenters. The molecule has 2 heterocycles. The average Bonchev–Trinajstić information content (AvgIpc) is 2.98. The van der Waals surface area contributed by atoms with Crippen molar-refractivity contribution in [2.24, 2.45) is 0 Å². The van der Waals surface area contributed by atoms with Gasteiger partial charge in [-0.1, -0.05) is 41.4 Å². The number of nitrogens with zero attached hydrogens (tertiary/aromatic N) is 1. The zero-order valence-corrected chi connectivity index (χ0v) is 14.5. The molecule has 0 unspecified atom stereocenters. The Morgan fingerprint density at radius 2 is 1.96 bits per heavy atom. The molecule has 0 saturated carbocycles. The quantitative estimate of drug-likeness (QED) is 0.471. The predicted octanol–water partition coefficient (Wildman–Crippen LogP) is 5.96. The van der Waals surface area contributed by atoms with E-state index in [4.69, 9.17) is 27.6 Å². The minimum Gasteiger partial charge on any atom is -0.478 e. The Balaban J connectivity index is 2.02. The van der Waals surface area contributed by atoms with Crippen LogP contribution in [-0.2, 0) is 0 Å². The predicted molar refractivity (Wildman–Crippen MR) is 98.7 cm³/mol. The van der Waals surface area contributed by atoms with Gasteiger partial charge in [-0.2, -0.15) is 0 Å². The molecular formula is C19H11Cl2NO3. The molecule has 4 nitrogen and oxygen atoms in total. The molecule has 0 aliphatic heterocycles. The Morgan fingerprint density at radius 1 is 1.16 bits per heavy atom. The fraction of sp³-hybridized carbons (Fsp3) is 0.0526. The molecule has 0 amide bonds. The summed E-state index contributed by atoms with van der Waals surface area (Å²) < 4.78 is 5.82. The lowest BCUT2D eigenvalue weighted by Crippen LogP contribution is -2.00. The Morgan fingerprint density at radius 3 is 2.72 bits per heavy atom. The van der Waals surface area contributed by atoms with Gasteiger partial charge in [0.05, 0.1) is 16.1 Å². The molecule has 4 aromatic rings. The van der Waals surface area contributed by atoms with Crippen LogP contribution in [0.4, 0.5) is 0 Å². The molecule has 0 radical (unpaired) electrons. The van der Waals surface area contributed by atoms with E-state index in [0.29, 0.717) is 38.0 Å². The maximum atomic E-state index is 11.7. The van der Waals surface area contributed by atoms with Crippen molar-refractivity contribution in [3.05, 3.63) is 63.6 Å². The number of carbonyl (C=O) groups is 1. The van der Waals surface area contributed by atoms with Crippen LogP contribution in [0.2, 0.25) is 10.0 Å². The van der Waals surface area contributed by atoms with Crippen LogP contribution in [0.5, 0.6) is 0 Å². The summed E-state index contributed by atoms with van der Waals surface area (Å²) in [6.45, 7) is 1.89. The van der Waals surface area contributed by atoms with Gasteiger partial charge in [0.15, 0.2) is 11.3 Å². The van der Waals surface area contributed by atoms with E-state index in [9.17, 15) is 9.90 Å². The van der Waals surface area contributed by atoms with Gasteiger partial charge >= 0.3 is 5.97 Å². The number of carboxylic acid groups (broad SMARTS) is 1. The molecule has 4 rings (SSSR count). The number of aromatic carboxylic acids is 1. The van der Waals surface area contributed by atoms with E-state index in [1.165, 1.54) is 6.07 Å². The number of halogens is 2. The third-order valence-corrected chi connectivity index (χ3v) is 4.56. The number of aryl methyl sites for hydroxylation is 1. The molecule has 0 aliphatic carbocycles. The maximum absolute atomic E-state index is 11.7. The number of fused-ring (bicyclic) bond motifs is 2. The van der Waals surface area contributed by atoms with Crippen molar-refractivity contribution in [2.75, 3.05) is 0 Å². The normalized spacial score (nSPS) is 11.3. The molecule has 0 bridgehead atoms. The van der Waals surface area contributed by atoms with Gasteiger partial charge in [0.2, 0.25) is 0 Å². The third kappa shape index (κ3) is 2.64. The summed E-state index contributed by atoms with van der Waals surface area (Å²) in [5.41, 5.74) is 2.61. The van der Waals surface area contributed by atoms with Crippen molar-refractivity contribution in [2.45, 2.75) is 6.92 Å². The molecule has 25 heavy (non-hydrogen) atoms. The van der Waals surface area contributed by atoms with Crippen LogP contribution in [-0.4, -0.2) is 16.1 Å². The Hall–Kier alpha value is -2.56. The highest BCUT2D eigenvalue weighted by Gasteiger charge is 2.17. The Bertz CT molecular complexity index is 1160. The second-order valence-corrected chi connectivity index (χ2v) is 6.59. The van der Waals surface area contributed by atoms with Gasteiger partial charge in [-0.25, -0.2) is 9.78 Å². The van der Waals surface area contributed by atoms with E-state index >= 15 is 0 Å². The smallest absolute Gasteiger partial charge is 0.336 e. The highest BCUT2D eigenvalue weighted by Crippen LogP contribution is 2.35. The van der Waals surface area contributed by atoms with Gasteiger partial charge in [-0.3, -0.25) is 0 Å². The summed E-state index contributed by atoms with van der Waals surface area (Å²) in [5.74, 6) is -0.580. The number of rotatable bonds is 2. The first-order valence-corrected chi connectivity index (χ1v) is 8.22. The molecule has 0 spiro atoms. The van der Waals surface area contributed by atoms with Crippen molar-refractivity contribution >= 4 is 51.0 Å². The van der Waals surface area contributed by atoms with Crippen LogP contribution in [0, 0.1) is 6.92 Å². The van der Waals surface area contributed by atoms with Crippen LogP contribution in [0.25, 0.3) is 33.3 Å². The number of pyridine rings is 1. The van der Waals surface area contributed by atoms with E-state index in [-0.39, 0.29) is 5.56 Å². The Kier molecular flexibility index (Phi) is 3.67. The first kappa shape index (κ1) is 15.9. The fourth-order valence-electron chi connectivity index (χ4n) is 2.90. The standard InChI is InChI=1S/C19H11Cl2NO3/c1-9-3-2-4-12-13(19(23)24)8-15(22-17(9)12)16-6-10-5-11(20)7-14(21)18(10)25-16/h2-8H,1H3,(H,23,24). The molecule has 1 N–H and O–H groups in total. The minimum atomic E-state index is -1.02. The summed E-state index contributed by atoms with van der Waals surface area (Å²) in [6, 6.07) is 12.0. The summed E-state index contributed by atoms with van der Waals surface area (Å²) in [5, 5.41) is 11.8. The maximum Gasteiger partial charge on any atom is 0.336 e. The number of benzene rings is 2. The highest BCUT2D eigenvalue weighted by molar-refractivity contribution is 6.38. The summed E-state index contributed by atoms with van der Waals surface area (Å²) >= 11 is 12.2. The van der Waals surface area contributed by atoms with E-state index in [2.05, 4.69) is 4.98 Å². The first-order valence-electron chi connectivity index (χ1n) is 7.46. The van der Waals surface area contributed by atoms with E-state index in [1.54, 1.807) is 24.3 Å². The SMILES string of the molecule is Cc1cccc2c(C(=O)O)cc(-c3cc4cc(Cl)cc(Cl)c4o3)nc12. The lowest BCUT2D eigenvalue weighted by Gasteiger charge is -2.07. The van der Waals surface area contributed by atoms with Crippen LogP contribution < -0.4 is 0 Å². The fourth-order valence-corrected chi connectivity index (χ4v) is 3.44. The van der Waals surface area contributed by atoms with Crippen molar-refractivity contribution in [1.29, 1.82) is 0 Å². The van der Waals surface area contributed by atoms with E-state index in [1.807, 2.05) is 19.1 Å². The zero-order chi connectivity index (χ0) is 17.7. The number of aromatic nitrogens is 1. The molecule has 2 aromatic carbocycles. The summed E-state index contributed by atoms with van der Waals surface area (Å²) in [4.78, 5) is 16.3. The monoisotopic (exact) mass is 371 g/mol. The number of hydrogen-bond donors (Lipinski definition) is 1.